The van der Waals surface area contributed by atoms with Crippen LogP contribution in [0.3, 0.4) is 0 Å². The molecule has 1 aromatic rings. The van der Waals surface area contributed by atoms with Crippen LogP contribution in [0.25, 0.3) is 0 Å². The van der Waals surface area contributed by atoms with Gasteiger partial charge in [0.05, 0.1) is 0 Å². The van der Waals surface area contributed by atoms with Crippen LogP contribution >= 0.6 is 0 Å². The fourth-order valence-corrected chi connectivity index (χ4v) is 1.90. The average Bonchev–Trinajstić information content (AvgIpc) is 2.83. The van der Waals surface area contributed by atoms with E-state index >= 15 is 0 Å². The lowest BCUT2D eigenvalue weighted by molar-refractivity contribution is -0.142. The molecule has 0 heterocycles. The van der Waals surface area contributed by atoms with Gasteiger partial charge in [-0.15, -0.1) is 0 Å². The standard InChI is InChI=1S/C11H8F4O3/c12-9(13)18-7-3-1-2-6(4-7)10(8(16)17)5-11(10,14)15/h1-4,9H,5H2,(H,16,17). The van der Waals surface area contributed by atoms with Crippen LogP contribution in [0.5, 0.6) is 5.75 Å². The SMILES string of the molecule is O=C(O)C1(c2cccc(OC(F)F)c2)CC1(F)F. The quantitative estimate of drug-likeness (QED) is 0.850. The first-order chi connectivity index (χ1) is 8.29. The van der Waals surface area contributed by atoms with E-state index in [9.17, 15) is 22.4 Å². The summed E-state index contributed by atoms with van der Waals surface area (Å²) in [6.07, 6.45) is -0.840. The first-order valence-electron chi connectivity index (χ1n) is 4.96. The van der Waals surface area contributed by atoms with E-state index in [1.54, 1.807) is 0 Å². The van der Waals surface area contributed by atoms with Crippen molar-refractivity contribution < 1.29 is 32.2 Å². The Hall–Kier alpha value is -1.79. The van der Waals surface area contributed by atoms with E-state index < -0.39 is 30.3 Å². The van der Waals surface area contributed by atoms with Gasteiger partial charge in [-0.2, -0.15) is 8.78 Å². The van der Waals surface area contributed by atoms with E-state index in [4.69, 9.17) is 5.11 Å². The minimum absolute atomic E-state index is 0.238. The summed E-state index contributed by atoms with van der Waals surface area (Å²) in [7, 11) is 0. The van der Waals surface area contributed by atoms with Crippen molar-refractivity contribution in [3.8, 4) is 5.75 Å². The second-order valence-corrected chi connectivity index (χ2v) is 4.00. The van der Waals surface area contributed by atoms with Crippen LogP contribution < -0.4 is 4.74 Å². The summed E-state index contributed by atoms with van der Waals surface area (Å²) >= 11 is 0. The summed E-state index contributed by atoms with van der Waals surface area (Å²) in [5.74, 6) is -5.39. The van der Waals surface area contributed by atoms with Gasteiger partial charge in [0, 0.05) is 6.42 Å². The van der Waals surface area contributed by atoms with Gasteiger partial charge in [0.1, 0.15) is 5.75 Å². The van der Waals surface area contributed by atoms with Crippen molar-refractivity contribution in [2.45, 2.75) is 24.4 Å². The van der Waals surface area contributed by atoms with Gasteiger partial charge in [0.2, 0.25) is 0 Å². The van der Waals surface area contributed by atoms with Crippen molar-refractivity contribution in [1.82, 2.24) is 0 Å². The molecule has 1 fully saturated rings. The maximum Gasteiger partial charge on any atom is 0.387 e. The third-order valence-corrected chi connectivity index (χ3v) is 2.90. The lowest BCUT2D eigenvalue weighted by Gasteiger charge is -2.13. The average molecular weight is 264 g/mol. The van der Waals surface area contributed by atoms with Gasteiger partial charge in [0.15, 0.2) is 5.41 Å². The van der Waals surface area contributed by atoms with Crippen LogP contribution in [0, 0.1) is 0 Å². The van der Waals surface area contributed by atoms with Crippen LogP contribution in [-0.2, 0) is 10.2 Å². The maximum atomic E-state index is 13.2. The highest BCUT2D eigenvalue weighted by Gasteiger charge is 2.77. The first kappa shape index (κ1) is 12.7. The molecule has 0 saturated heterocycles. The molecule has 1 aliphatic carbocycles. The molecule has 18 heavy (non-hydrogen) atoms. The molecule has 3 nitrogen and oxygen atoms in total. The Morgan fingerprint density at radius 3 is 2.44 bits per heavy atom. The second kappa shape index (κ2) is 3.86. The summed E-state index contributed by atoms with van der Waals surface area (Å²) in [6.45, 7) is -3.10. The Bertz CT molecular complexity index is 489. The predicted octanol–water partition coefficient (Wildman–Crippen LogP) is 2.65. The fraction of sp³-hybridized carbons (Fsp3) is 0.364. The van der Waals surface area contributed by atoms with Crippen LogP contribution in [0.4, 0.5) is 17.6 Å². The fourth-order valence-electron chi connectivity index (χ4n) is 1.90. The summed E-state index contributed by atoms with van der Waals surface area (Å²) < 4.78 is 54.5. The zero-order chi connectivity index (χ0) is 13.6. The molecule has 0 spiro atoms. The molecule has 1 atom stereocenters. The Balaban J connectivity index is 2.37. The van der Waals surface area contributed by atoms with E-state index in [1.165, 1.54) is 6.07 Å². The molecule has 98 valence electrons. The lowest BCUT2D eigenvalue weighted by Crippen LogP contribution is -2.27. The molecule has 1 N–H and O–H groups in total. The van der Waals surface area contributed by atoms with Crippen LogP contribution in [0.1, 0.15) is 12.0 Å². The number of carbonyl (C=O) groups is 1. The van der Waals surface area contributed by atoms with Crippen LogP contribution in [0.2, 0.25) is 0 Å². The first-order valence-corrected chi connectivity index (χ1v) is 4.96. The van der Waals surface area contributed by atoms with E-state index in [0.29, 0.717) is 0 Å². The van der Waals surface area contributed by atoms with E-state index in [1.807, 2.05) is 0 Å². The second-order valence-electron chi connectivity index (χ2n) is 4.00. The van der Waals surface area contributed by atoms with Crippen molar-refractivity contribution in [1.29, 1.82) is 0 Å². The number of carboxylic acid groups (broad SMARTS) is 1. The number of benzene rings is 1. The Kier molecular flexibility index (Phi) is 2.71. The van der Waals surface area contributed by atoms with Gasteiger partial charge in [-0.1, -0.05) is 12.1 Å². The number of hydrogen-bond donors (Lipinski definition) is 1. The van der Waals surface area contributed by atoms with Crippen molar-refractivity contribution >= 4 is 5.97 Å². The normalized spacial score (nSPS) is 24.9. The largest absolute Gasteiger partial charge is 0.480 e. The van der Waals surface area contributed by atoms with Gasteiger partial charge in [-0.3, -0.25) is 4.79 Å². The summed E-state index contributed by atoms with van der Waals surface area (Å²) in [5, 5.41) is 8.90. The van der Waals surface area contributed by atoms with Gasteiger partial charge in [-0.05, 0) is 17.7 Å². The van der Waals surface area contributed by atoms with Gasteiger partial charge >= 0.3 is 12.6 Å². The smallest absolute Gasteiger partial charge is 0.387 e. The summed E-state index contributed by atoms with van der Waals surface area (Å²) in [5.41, 5.74) is -2.56. The van der Waals surface area contributed by atoms with Gasteiger partial charge < -0.3 is 9.84 Å². The minimum atomic E-state index is -3.37. The Morgan fingerprint density at radius 1 is 1.39 bits per heavy atom. The third kappa shape index (κ3) is 1.79. The molecule has 0 aliphatic heterocycles. The molecule has 2 rings (SSSR count). The lowest BCUT2D eigenvalue weighted by atomic mass is 9.95. The minimum Gasteiger partial charge on any atom is -0.480 e. The molecule has 1 aromatic carbocycles. The molecule has 0 aromatic heterocycles. The number of hydrogen-bond acceptors (Lipinski definition) is 2. The summed E-state index contributed by atoms with van der Waals surface area (Å²) in [6, 6.07) is 4.41. The molecule has 1 saturated carbocycles. The zero-order valence-electron chi connectivity index (χ0n) is 8.87. The third-order valence-electron chi connectivity index (χ3n) is 2.90. The van der Waals surface area contributed by atoms with E-state index in [0.717, 1.165) is 18.2 Å². The van der Waals surface area contributed by atoms with Crippen LogP contribution in [0.15, 0.2) is 24.3 Å². The number of carboxylic acids is 1. The van der Waals surface area contributed by atoms with Crippen molar-refractivity contribution in [2.24, 2.45) is 0 Å². The Morgan fingerprint density at radius 2 is 2.00 bits per heavy atom. The number of halogens is 4. The number of ether oxygens (including phenoxy) is 1. The monoisotopic (exact) mass is 264 g/mol. The van der Waals surface area contributed by atoms with Crippen molar-refractivity contribution in [2.75, 3.05) is 0 Å². The van der Waals surface area contributed by atoms with Gasteiger partial charge in [-0.25, -0.2) is 8.78 Å². The molecular formula is C11H8F4O3. The van der Waals surface area contributed by atoms with E-state index in [-0.39, 0.29) is 11.3 Å². The molecular weight excluding hydrogens is 256 g/mol. The van der Waals surface area contributed by atoms with Gasteiger partial charge in [0.25, 0.3) is 5.92 Å². The molecule has 0 bridgehead atoms. The molecule has 1 unspecified atom stereocenters. The zero-order valence-corrected chi connectivity index (χ0v) is 8.87. The highest BCUT2D eigenvalue weighted by atomic mass is 19.3. The molecule has 7 heteroatoms. The number of rotatable bonds is 4. The maximum absolute atomic E-state index is 13.2. The van der Waals surface area contributed by atoms with Crippen molar-refractivity contribution in [3.63, 3.8) is 0 Å². The number of aliphatic carboxylic acids is 1. The predicted molar refractivity (Wildman–Crippen MR) is 52.0 cm³/mol. The van der Waals surface area contributed by atoms with Crippen molar-refractivity contribution in [3.05, 3.63) is 29.8 Å². The number of alkyl halides is 4. The highest BCUT2D eigenvalue weighted by molar-refractivity contribution is 5.87. The molecule has 1 aliphatic rings. The summed E-state index contributed by atoms with van der Waals surface area (Å²) in [4.78, 5) is 11.0. The Labute approximate surface area is 99.0 Å². The molecule has 0 amide bonds. The molecule has 0 radical (unpaired) electrons. The highest BCUT2D eigenvalue weighted by Crippen LogP contribution is 2.62. The topological polar surface area (TPSA) is 46.5 Å². The van der Waals surface area contributed by atoms with Crippen LogP contribution in [-0.4, -0.2) is 23.6 Å². The van der Waals surface area contributed by atoms with E-state index in [2.05, 4.69) is 4.74 Å².